The van der Waals surface area contributed by atoms with E-state index in [9.17, 15) is 4.79 Å². The Morgan fingerprint density at radius 2 is 1.36 bits per heavy atom. The number of methoxy groups -OCH3 is 2. The van der Waals surface area contributed by atoms with Crippen LogP contribution in [0.4, 0.5) is 0 Å². The lowest BCUT2D eigenvalue weighted by Crippen LogP contribution is -1.91. The van der Waals surface area contributed by atoms with Crippen molar-refractivity contribution in [2.24, 2.45) is 0 Å². The summed E-state index contributed by atoms with van der Waals surface area (Å²) < 4.78 is 9.44. The molecule has 0 saturated carbocycles. The van der Waals surface area contributed by atoms with Crippen molar-refractivity contribution >= 4 is 6.29 Å². The quantitative estimate of drug-likeness (QED) is 0.766. The zero-order valence-electron chi connectivity index (χ0n) is 14.3. The SMILES string of the molecule is CC.COC.COc1cc(-c2ccc(C)cc2)ccc1C=O. The van der Waals surface area contributed by atoms with Crippen LogP contribution in [0.5, 0.6) is 5.75 Å². The average Bonchev–Trinajstić information content (AvgIpc) is 2.57. The first-order chi connectivity index (χ1) is 10.7. The van der Waals surface area contributed by atoms with Gasteiger partial charge >= 0.3 is 0 Å². The van der Waals surface area contributed by atoms with Crippen molar-refractivity contribution in [1.82, 2.24) is 0 Å². The second-order valence-corrected chi connectivity index (χ2v) is 4.35. The molecule has 3 heteroatoms. The maximum Gasteiger partial charge on any atom is 0.153 e. The van der Waals surface area contributed by atoms with Crippen LogP contribution >= 0.6 is 0 Å². The van der Waals surface area contributed by atoms with Crippen LogP contribution in [0.2, 0.25) is 0 Å². The first-order valence-corrected chi connectivity index (χ1v) is 7.26. The number of ether oxygens (including phenoxy) is 2. The van der Waals surface area contributed by atoms with E-state index in [0.29, 0.717) is 11.3 Å². The van der Waals surface area contributed by atoms with E-state index in [2.05, 4.69) is 35.9 Å². The maximum atomic E-state index is 10.8. The Morgan fingerprint density at radius 1 is 0.864 bits per heavy atom. The Kier molecular flexibility index (Phi) is 10.4. The summed E-state index contributed by atoms with van der Waals surface area (Å²) in [6, 6.07) is 13.8. The topological polar surface area (TPSA) is 35.5 Å². The molecule has 0 fully saturated rings. The number of carbonyl (C=O) groups excluding carboxylic acids is 1. The molecular formula is C19H26O3. The highest BCUT2D eigenvalue weighted by Gasteiger charge is 2.04. The highest BCUT2D eigenvalue weighted by atomic mass is 16.5. The van der Waals surface area contributed by atoms with Gasteiger partial charge in [0.15, 0.2) is 6.29 Å². The molecule has 2 aromatic carbocycles. The van der Waals surface area contributed by atoms with Gasteiger partial charge in [-0.3, -0.25) is 4.79 Å². The predicted octanol–water partition coefficient (Wildman–Crippen LogP) is 4.77. The fourth-order valence-corrected chi connectivity index (χ4v) is 1.73. The lowest BCUT2D eigenvalue weighted by Gasteiger charge is -2.07. The summed E-state index contributed by atoms with van der Waals surface area (Å²) in [7, 11) is 4.82. The van der Waals surface area contributed by atoms with Crippen molar-refractivity contribution in [2.75, 3.05) is 21.3 Å². The molecule has 0 aliphatic carbocycles. The van der Waals surface area contributed by atoms with Crippen LogP contribution in [-0.2, 0) is 4.74 Å². The van der Waals surface area contributed by atoms with E-state index in [1.807, 2.05) is 26.0 Å². The second-order valence-electron chi connectivity index (χ2n) is 4.35. The summed E-state index contributed by atoms with van der Waals surface area (Å²) in [5.74, 6) is 0.609. The molecule has 0 aliphatic heterocycles. The average molecular weight is 302 g/mol. The molecule has 2 rings (SSSR count). The first-order valence-electron chi connectivity index (χ1n) is 7.26. The van der Waals surface area contributed by atoms with Gasteiger partial charge in [-0.05, 0) is 30.2 Å². The molecule has 0 spiro atoms. The third-order valence-corrected chi connectivity index (χ3v) is 2.75. The minimum Gasteiger partial charge on any atom is -0.496 e. The smallest absolute Gasteiger partial charge is 0.153 e. The van der Waals surface area contributed by atoms with Crippen molar-refractivity contribution in [3.05, 3.63) is 53.6 Å². The number of benzene rings is 2. The van der Waals surface area contributed by atoms with Crippen LogP contribution < -0.4 is 4.74 Å². The predicted molar refractivity (Wildman–Crippen MR) is 92.8 cm³/mol. The van der Waals surface area contributed by atoms with Gasteiger partial charge in [-0.2, -0.15) is 0 Å². The molecule has 0 atom stereocenters. The van der Waals surface area contributed by atoms with Crippen LogP contribution in [0.15, 0.2) is 42.5 Å². The number of hydrogen-bond acceptors (Lipinski definition) is 3. The van der Waals surface area contributed by atoms with E-state index < -0.39 is 0 Å². The number of aldehydes is 1. The van der Waals surface area contributed by atoms with E-state index in [-0.39, 0.29) is 0 Å². The van der Waals surface area contributed by atoms with E-state index >= 15 is 0 Å². The summed E-state index contributed by atoms with van der Waals surface area (Å²) in [5, 5.41) is 0. The number of hydrogen-bond donors (Lipinski definition) is 0. The third kappa shape index (κ3) is 6.10. The summed E-state index contributed by atoms with van der Waals surface area (Å²) in [6.45, 7) is 6.06. The highest BCUT2D eigenvalue weighted by molar-refractivity contribution is 5.81. The Hall–Kier alpha value is -2.13. The van der Waals surface area contributed by atoms with Crippen LogP contribution in [-0.4, -0.2) is 27.6 Å². The summed E-state index contributed by atoms with van der Waals surface area (Å²) in [4.78, 5) is 10.8. The van der Waals surface area contributed by atoms with Crippen molar-refractivity contribution in [2.45, 2.75) is 20.8 Å². The second kappa shape index (κ2) is 11.5. The molecule has 0 radical (unpaired) electrons. The van der Waals surface area contributed by atoms with Crippen molar-refractivity contribution < 1.29 is 14.3 Å². The van der Waals surface area contributed by atoms with Gasteiger partial charge in [0, 0.05) is 14.2 Å². The Bertz CT molecular complexity index is 545. The minimum atomic E-state index is 0.573. The van der Waals surface area contributed by atoms with Crippen LogP contribution in [0, 0.1) is 6.92 Å². The largest absolute Gasteiger partial charge is 0.496 e. The van der Waals surface area contributed by atoms with E-state index in [0.717, 1.165) is 17.4 Å². The fraction of sp³-hybridized carbons (Fsp3) is 0.316. The van der Waals surface area contributed by atoms with Crippen LogP contribution in [0.3, 0.4) is 0 Å². The molecule has 2 aromatic rings. The molecule has 0 heterocycles. The fourth-order valence-electron chi connectivity index (χ4n) is 1.73. The summed E-state index contributed by atoms with van der Waals surface area (Å²) in [6.07, 6.45) is 0.803. The molecule has 3 nitrogen and oxygen atoms in total. The zero-order valence-corrected chi connectivity index (χ0v) is 14.3. The molecular weight excluding hydrogens is 276 g/mol. The molecule has 0 aromatic heterocycles. The summed E-state index contributed by atoms with van der Waals surface area (Å²) in [5.41, 5.74) is 3.97. The van der Waals surface area contributed by atoms with Crippen molar-refractivity contribution in [3.8, 4) is 16.9 Å². The minimum absolute atomic E-state index is 0.573. The molecule has 0 bridgehead atoms. The maximum absolute atomic E-state index is 10.8. The van der Waals surface area contributed by atoms with Gasteiger partial charge in [-0.15, -0.1) is 0 Å². The molecule has 0 saturated heterocycles. The van der Waals surface area contributed by atoms with E-state index in [1.54, 1.807) is 27.4 Å². The normalized spacial score (nSPS) is 8.82. The Morgan fingerprint density at radius 3 is 1.82 bits per heavy atom. The van der Waals surface area contributed by atoms with Crippen molar-refractivity contribution in [3.63, 3.8) is 0 Å². The van der Waals surface area contributed by atoms with Gasteiger partial charge < -0.3 is 9.47 Å². The van der Waals surface area contributed by atoms with E-state index in [1.165, 1.54) is 5.56 Å². The van der Waals surface area contributed by atoms with Gasteiger partial charge in [0.2, 0.25) is 0 Å². The van der Waals surface area contributed by atoms with Crippen LogP contribution in [0.25, 0.3) is 11.1 Å². The van der Waals surface area contributed by atoms with Crippen molar-refractivity contribution in [1.29, 1.82) is 0 Å². The number of rotatable bonds is 3. The van der Waals surface area contributed by atoms with Gasteiger partial charge in [-0.25, -0.2) is 0 Å². The highest BCUT2D eigenvalue weighted by Crippen LogP contribution is 2.26. The molecule has 0 aliphatic rings. The summed E-state index contributed by atoms with van der Waals surface area (Å²) >= 11 is 0. The third-order valence-electron chi connectivity index (χ3n) is 2.75. The molecule has 120 valence electrons. The van der Waals surface area contributed by atoms with E-state index in [4.69, 9.17) is 4.74 Å². The molecule has 0 amide bonds. The molecule has 22 heavy (non-hydrogen) atoms. The number of carbonyl (C=O) groups is 1. The Labute approximate surface area is 133 Å². The lowest BCUT2D eigenvalue weighted by molar-refractivity contribution is 0.112. The lowest BCUT2D eigenvalue weighted by atomic mass is 10.0. The van der Waals surface area contributed by atoms with Gasteiger partial charge in [0.25, 0.3) is 0 Å². The monoisotopic (exact) mass is 302 g/mol. The van der Waals surface area contributed by atoms with Gasteiger partial charge in [-0.1, -0.05) is 49.7 Å². The van der Waals surface area contributed by atoms with Crippen LogP contribution in [0.1, 0.15) is 29.8 Å². The molecule has 0 unspecified atom stereocenters. The molecule has 0 N–H and O–H groups in total. The van der Waals surface area contributed by atoms with Gasteiger partial charge in [0.05, 0.1) is 12.7 Å². The first kappa shape index (κ1) is 19.9. The number of aryl methyl sites for hydroxylation is 1. The Balaban J connectivity index is 0.000000789. The van der Waals surface area contributed by atoms with Gasteiger partial charge in [0.1, 0.15) is 5.75 Å². The zero-order chi connectivity index (χ0) is 17.0. The standard InChI is InChI=1S/C15H14O2.C2H6O.C2H6/c1-11-3-5-12(6-4-11)13-7-8-14(10-16)15(9-13)17-2;1-3-2;1-2/h3-10H,1-2H3;1-2H3;1-2H3.